The third-order valence-electron chi connectivity index (χ3n) is 1.38. The Hall–Kier alpha value is -0.340. The van der Waals surface area contributed by atoms with E-state index in [9.17, 15) is 4.79 Å². The van der Waals surface area contributed by atoms with Gasteiger partial charge in [0.1, 0.15) is 0 Å². The van der Waals surface area contributed by atoms with Crippen LogP contribution in [-0.2, 0) is 11.2 Å². The second-order valence-corrected chi connectivity index (χ2v) is 3.74. The van der Waals surface area contributed by atoms with E-state index in [4.69, 9.17) is 11.6 Å². The molecule has 1 aromatic rings. The van der Waals surface area contributed by atoms with Crippen LogP contribution in [0.15, 0.2) is 17.5 Å². The monoisotopic (exact) mass is 188 g/mol. The topological polar surface area (TPSA) is 17.1 Å². The van der Waals surface area contributed by atoms with Gasteiger partial charge >= 0.3 is 0 Å². The largest absolute Gasteiger partial charge is 0.281 e. The van der Waals surface area contributed by atoms with Gasteiger partial charge in [-0.3, -0.25) is 4.79 Å². The molecule has 11 heavy (non-hydrogen) atoms. The maximum absolute atomic E-state index is 10.3. The maximum Gasteiger partial charge on any atom is 0.221 e. The Bertz CT molecular complexity index is 218. The molecule has 1 rings (SSSR count). The van der Waals surface area contributed by atoms with Crippen LogP contribution < -0.4 is 0 Å². The summed E-state index contributed by atoms with van der Waals surface area (Å²) in [6.07, 6.45) is 2.32. The van der Waals surface area contributed by atoms with Crippen molar-refractivity contribution in [3.63, 3.8) is 0 Å². The highest BCUT2D eigenvalue weighted by atomic mass is 35.5. The molecule has 0 bridgehead atoms. The summed E-state index contributed by atoms with van der Waals surface area (Å²) < 4.78 is 0. The second kappa shape index (κ2) is 4.52. The lowest BCUT2D eigenvalue weighted by molar-refractivity contribution is -0.111. The molecular weight excluding hydrogens is 180 g/mol. The molecule has 1 nitrogen and oxygen atoms in total. The minimum absolute atomic E-state index is 0.235. The van der Waals surface area contributed by atoms with Crippen LogP contribution in [0.2, 0.25) is 0 Å². The van der Waals surface area contributed by atoms with Gasteiger partial charge in [0.15, 0.2) is 0 Å². The Balaban J connectivity index is 2.19. The molecule has 0 aliphatic carbocycles. The highest BCUT2D eigenvalue weighted by molar-refractivity contribution is 7.09. The summed E-state index contributed by atoms with van der Waals surface area (Å²) >= 11 is 6.90. The molecule has 0 amide bonds. The van der Waals surface area contributed by atoms with E-state index in [0.717, 1.165) is 12.8 Å². The molecule has 0 saturated heterocycles. The van der Waals surface area contributed by atoms with Crippen molar-refractivity contribution in [3.8, 4) is 0 Å². The molecule has 1 aromatic heterocycles. The van der Waals surface area contributed by atoms with E-state index in [1.165, 1.54) is 4.88 Å². The summed E-state index contributed by atoms with van der Waals surface area (Å²) in [5, 5.41) is 1.80. The van der Waals surface area contributed by atoms with Crippen LogP contribution >= 0.6 is 22.9 Å². The minimum atomic E-state index is -0.235. The van der Waals surface area contributed by atoms with Crippen LogP contribution in [0.25, 0.3) is 0 Å². The molecule has 0 aliphatic heterocycles. The van der Waals surface area contributed by atoms with E-state index in [-0.39, 0.29) is 5.24 Å². The number of carbonyl (C=O) groups is 1. The Morgan fingerprint density at radius 2 is 2.45 bits per heavy atom. The van der Waals surface area contributed by atoms with E-state index in [0.29, 0.717) is 6.42 Å². The lowest BCUT2D eigenvalue weighted by atomic mass is 10.2. The molecule has 0 fully saturated rings. The Morgan fingerprint density at radius 3 is 3.00 bits per heavy atom. The summed E-state index contributed by atoms with van der Waals surface area (Å²) in [5.41, 5.74) is 0. The number of aryl methyl sites for hydroxylation is 1. The summed E-state index contributed by atoms with van der Waals surface area (Å²) in [6, 6.07) is 4.09. The third kappa shape index (κ3) is 3.54. The molecule has 3 heteroatoms. The molecule has 0 spiro atoms. The summed E-state index contributed by atoms with van der Waals surface area (Å²) in [5.74, 6) is 0. The molecule has 0 unspecified atom stereocenters. The molecule has 0 aromatic carbocycles. The smallest absolute Gasteiger partial charge is 0.221 e. The molecule has 60 valence electrons. The van der Waals surface area contributed by atoms with E-state index in [2.05, 4.69) is 6.07 Å². The zero-order valence-corrected chi connectivity index (χ0v) is 7.62. The lowest BCUT2D eigenvalue weighted by Crippen LogP contribution is -1.87. The highest BCUT2D eigenvalue weighted by Crippen LogP contribution is 2.12. The second-order valence-electron chi connectivity index (χ2n) is 2.29. The number of rotatable bonds is 4. The fourth-order valence-corrected chi connectivity index (χ4v) is 1.74. The van der Waals surface area contributed by atoms with Crippen LogP contribution in [0.4, 0.5) is 0 Å². The number of halogens is 1. The van der Waals surface area contributed by atoms with Crippen molar-refractivity contribution in [1.29, 1.82) is 0 Å². The number of carbonyl (C=O) groups excluding carboxylic acids is 1. The molecule has 0 N–H and O–H groups in total. The zero-order chi connectivity index (χ0) is 8.10. The first-order valence-electron chi connectivity index (χ1n) is 3.50. The van der Waals surface area contributed by atoms with Crippen molar-refractivity contribution in [2.45, 2.75) is 19.3 Å². The Kier molecular flexibility index (Phi) is 3.60. The van der Waals surface area contributed by atoms with Crippen LogP contribution in [0.3, 0.4) is 0 Å². The predicted octanol–water partition coefficient (Wildman–Crippen LogP) is 2.84. The van der Waals surface area contributed by atoms with Gasteiger partial charge in [0.05, 0.1) is 0 Å². The van der Waals surface area contributed by atoms with Gasteiger partial charge in [0.2, 0.25) is 5.24 Å². The predicted molar refractivity (Wildman–Crippen MR) is 48.1 cm³/mol. The van der Waals surface area contributed by atoms with Crippen molar-refractivity contribution in [3.05, 3.63) is 22.4 Å². The van der Waals surface area contributed by atoms with Crippen molar-refractivity contribution < 1.29 is 4.79 Å². The first kappa shape index (κ1) is 8.75. The first-order chi connectivity index (χ1) is 5.29. The van der Waals surface area contributed by atoms with Gasteiger partial charge in [-0.1, -0.05) is 6.07 Å². The van der Waals surface area contributed by atoms with E-state index in [1.807, 2.05) is 11.4 Å². The normalized spacial score (nSPS) is 9.91. The number of thiophene rings is 1. The maximum atomic E-state index is 10.3. The highest BCUT2D eigenvalue weighted by Gasteiger charge is 1.97. The van der Waals surface area contributed by atoms with Crippen molar-refractivity contribution in [2.75, 3.05) is 0 Å². The summed E-state index contributed by atoms with van der Waals surface area (Å²) in [4.78, 5) is 11.7. The summed E-state index contributed by atoms with van der Waals surface area (Å²) in [7, 11) is 0. The van der Waals surface area contributed by atoms with Crippen molar-refractivity contribution in [1.82, 2.24) is 0 Å². The van der Waals surface area contributed by atoms with Gasteiger partial charge in [0, 0.05) is 11.3 Å². The molecular formula is C8H9ClOS. The quantitative estimate of drug-likeness (QED) is 0.665. The SMILES string of the molecule is O=C(Cl)CCCc1cccs1. The fraction of sp³-hybridized carbons (Fsp3) is 0.375. The Morgan fingerprint density at radius 1 is 1.64 bits per heavy atom. The van der Waals surface area contributed by atoms with Gasteiger partial charge in [-0.25, -0.2) is 0 Å². The summed E-state index contributed by atoms with van der Waals surface area (Å²) in [6.45, 7) is 0. The van der Waals surface area contributed by atoms with Crippen molar-refractivity contribution in [2.24, 2.45) is 0 Å². The first-order valence-corrected chi connectivity index (χ1v) is 4.75. The zero-order valence-electron chi connectivity index (χ0n) is 6.05. The molecule has 0 aliphatic rings. The van der Waals surface area contributed by atoms with Crippen molar-refractivity contribution >= 4 is 28.2 Å². The lowest BCUT2D eigenvalue weighted by Gasteiger charge is -1.92. The van der Waals surface area contributed by atoms with Crippen LogP contribution in [-0.4, -0.2) is 5.24 Å². The molecule has 0 saturated carbocycles. The van der Waals surface area contributed by atoms with E-state index < -0.39 is 0 Å². The van der Waals surface area contributed by atoms with Crippen LogP contribution in [0.5, 0.6) is 0 Å². The van der Waals surface area contributed by atoms with E-state index >= 15 is 0 Å². The van der Waals surface area contributed by atoms with Gasteiger partial charge < -0.3 is 0 Å². The number of hydrogen-bond acceptors (Lipinski definition) is 2. The van der Waals surface area contributed by atoms with Gasteiger partial charge in [-0.15, -0.1) is 11.3 Å². The Labute approximate surface area is 75.0 Å². The molecule has 1 heterocycles. The van der Waals surface area contributed by atoms with Crippen LogP contribution in [0.1, 0.15) is 17.7 Å². The van der Waals surface area contributed by atoms with Gasteiger partial charge in [-0.05, 0) is 35.9 Å². The van der Waals surface area contributed by atoms with Gasteiger partial charge in [0.25, 0.3) is 0 Å². The average Bonchev–Trinajstić information content (AvgIpc) is 2.39. The average molecular weight is 189 g/mol. The van der Waals surface area contributed by atoms with Crippen LogP contribution in [0, 0.1) is 0 Å². The minimum Gasteiger partial charge on any atom is -0.281 e. The number of hydrogen-bond donors (Lipinski definition) is 0. The third-order valence-corrected chi connectivity index (χ3v) is 2.50. The van der Waals surface area contributed by atoms with Gasteiger partial charge in [-0.2, -0.15) is 0 Å². The standard InChI is InChI=1S/C8H9ClOS/c9-8(10)5-1-3-7-4-2-6-11-7/h2,4,6H,1,3,5H2. The molecule has 0 atom stereocenters. The fourth-order valence-electron chi connectivity index (χ4n) is 0.856. The molecule has 0 radical (unpaired) electrons. The van der Waals surface area contributed by atoms with E-state index in [1.54, 1.807) is 11.3 Å².